The van der Waals surface area contributed by atoms with Gasteiger partial charge in [-0.3, -0.25) is 0 Å². The van der Waals surface area contributed by atoms with Crippen molar-refractivity contribution in [3.05, 3.63) is 0 Å². The van der Waals surface area contributed by atoms with Gasteiger partial charge in [-0.15, -0.1) is 0 Å². The van der Waals surface area contributed by atoms with E-state index >= 15 is 0 Å². The summed E-state index contributed by atoms with van der Waals surface area (Å²) in [5.41, 5.74) is 0. The Morgan fingerprint density at radius 3 is 1.88 bits per heavy atom. The second-order valence-electron chi connectivity index (χ2n) is 1.78. The monoisotopic (exact) mass is 223 g/mol. The van der Waals surface area contributed by atoms with E-state index in [2.05, 4.69) is 28.7 Å². The molecule has 8 heavy (non-hydrogen) atoms. The van der Waals surface area contributed by atoms with Crippen LogP contribution in [-0.2, 0) is 0 Å². The maximum absolute atomic E-state index is 8.53. The number of nitriles is 1. The molecule has 46 valence electrons. The van der Waals surface area contributed by atoms with Gasteiger partial charge < -0.3 is 0 Å². The van der Waals surface area contributed by atoms with Crippen molar-refractivity contribution in [3.8, 4) is 6.07 Å². The summed E-state index contributed by atoms with van der Waals surface area (Å²) >= 11 is 2.21. The van der Waals surface area contributed by atoms with Crippen LogP contribution < -0.4 is 0 Å². The van der Waals surface area contributed by atoms with Gasteiger partial charge in [0, 0.05) is 0 Å². The molecule has 0 aromatic carbocycles. The molecule has 1 nitrogen and oxygen atoms in total. The lowest BCUT2D eigenvalue weighted by molar-refractivity contribution is 0.703. The minimum absolute atomic E-state index is 0.0994. The average molecular weight is 223 g/mol. The summed E-state index contributed by atoms with van der Waals surface area (Å²) in [6, 6.07) is 2.26. The fourth-order valence-corrected chi connectivity index (χ4v) is 0.408. The molecule has 0 saturated carbocycles. The van der Waals surface area contributed by atoms with Crippen LogP contribution in [0.3, 0.4) is 0 Å². The summed E-state index contributed by atoms with van der Waals surface area (Å²) in [6.45, 7) is 4.08. The maximum atomic E-state index is 8.53. The number of nitrogens with zero attached hydrogens (tertiary/aromatic N) is 1. The van der Waals surface area contributed by atoms with Crippen molar-refractivity contribution in [1.82, 2.24) is 0 Å². The number of hydrogen-bond acceptors (Lipinski definition) is 1. The van der Waals surface area contributed by atoms with Crippen molar-refractivity contribution in [3.63, 3.8) is 0 Å². The topological polar surface area (TPSA) is 23.8 Å². The van der Waals surface area contributed by atoms with Gasteiger partial charge in [-0.1, -0.05) is 36.4 Å². The van der Waals surface area contributed by atoms with Gasteiger partial charge in [0.25, 0.3) is 0 Å². The van der Waals surface area contributed by atoms with Crippen LogP contribution in [0.4, 0.5) is 0 Å². The Morgan fingerprint density at radius 1 is 1.50 bits per heavy atom. The zero-order valence-corrected chi connectivity index (χ0v) is 7.40. The predicted molar refractivity (Wildman–Crippen MR) is 42.9 cm³/mol. The average Bonchev–Trinajstić information content (AvgIpc) is 1.87. The quantitative estimate of drug-likeness (QED) is 0.521. The summed E-state index contributed by atoms with van der Waals surface area (Å²) in [5.74, 6) is 0. The van der Waals surface area contributed by atoms with Gasteiger partial charge in [0.15, 0.2) is 0 Å². The van der Waals surface area contributed by atoms with Crippen molar-refractivity contribution in [1.29, 1.82) is 5.26 Å². The summed E-state index contributed by atoms with van der Waals surface area (Å²) in [7, 11) is 0. The zero-order chi connectivity index (χ0) is 6.62. The Labute approximate surface area is 64.2 Å². The number of alkyl halides is 1. The fourth-order valence-electron chi connectivity index (χ4n) is 0.408. The van der Waals surface area contributed by atoms with Gasteiger partial charge in [0.2, 0.25) is 0 Å². The molecule has 0 heterocycles. The highest BCUT2D eigenvalue weighted by atomic mass is 127. The second kappa shape index (κ2) is 3.29. The molecule has 0 aromatic rings. The van der Waals surface area contributed by atoms with E-state index in [9.17, 15) is 0 Å². The van der Waals surface area contributed by atoms with E-state index in [-0.39, 0.29) is 3.42 Å². The molecule has 0 N–H and O–H groups in total. The summed E-state index contributed by atoms with van der Waals surface area (Å²) in [5, 5.41) is 8.53. The lowest BCUT2D eigenvalue weighted by atomic mass is 10.1. The molecule has 0 radical (unpaired) electrons. The van der Waals surface area contributed by atoms with E-state index in [1.54, 1.807) is 0 Å². The number of halogens is 1. The molecule has 0 bridgehead atoms. The molecule has 2 heteroatoms. The molecule has 0 spiro atoms. The molecular formula is C6H10IN. The lowest BCUT2D eigenvalue weighted by Crippen LogP contribution is -2.13. The molecule has 0 aliphatic rings. The van der Waals surface area contributed by atoms with Crippen molar-refractivity contribution in [2.75, 3.05) is 0 Å². The molecule has 0 aliphatic carbocycles. The van der Waals surface area contributed by atoms with E-state index < -0.39 is 0 Å². The SMILES string of the molecule is CCC(I)(C#N)CC. The van der Waals surface area contributed by atoms with E-state index in [1.165, 1.54) is 0 Å². The first-order chi connectivity index (χ1) is 3.68. The predicted octanol–water partition coefficient (Wildman–Crippen LogP) is 2.50. The van der Waals surface area contributed by atoms with Crippen LogP contribution in [-0.4, -0.2) is 3.42 Å². The van der Waals surface area contributed by atoms with Crippen LogP contribution in [0, 0.1) is 11.3 Å². The van der Waals surface area contributed by atoms with Gasteiger partial charge >= 0.3 is 0 Å². The minimum atomic E-state index is -0.0994. The molecule has 0 aromatic heterocycles. The maximum Gasteiger partial charge on any atom is 0.108 e. The third kappa shape index (κ3) is 1.99. The largest absolute Gasteiger partial charge is 0.197 e. The lowest BCUT2D eigenvalue weighted by Gasteiger charge is -2.12. The van der Waals surface area contributed by atoms with Gasteiger partial charge in [0.1, 0.15) is 3.42 Å². The Kier molecular flexibility index (Phi) is 3.38. The number of hydrogen-bond donors (Lipinski definition) is 0. The first-order valence-corrected chi connectivity index (χ1v) is 3.86. The molecule has 0 amide bonds. The third-order valence-electron chi connectivity index (χ3n) is 1.32. The molecule has 0 unspecified atom stereocenters. The van der Waals surface area contributed by atoms with Crippen LogP contribution in [0.1, 0.15) is 26.7 Å². The first-order valence-electron chi connectivity index (χ1n) is 2.78. The van der Waals surface area contributed by atoms with E-state index in [0.717, 1.165) is 12.8 Å². The Morgan fingerprint density at radius 2 is 1.88 bits per heavy atom. The highest BCUT2D eigenvalue weighted by Crippen LogP contribution is 2.25. The van der Waals surface area contributed by atoms with Gasteiger partial charge in [-0.05, 0) is 12.8 Å². The Hall–Kier alpha value is 0.220. The second-order valence-corrected chi connectivity index (χ2v) is 3.85. The zero-order valence-electron chi connectivity index (χ0n) is 5.24. The van der Waals surface area contributed by atoms with Crippen molar-refractivity contribution in [2.45, 2.75) is 30.1 Å². The van der Waals surface area contributed by atoms with Crippen LogP contribution in [0.5, 0.6) is 0 Å². The summed E-state index contributed by atoms with van der Waals surface area (Å²) in [4.78, 5) is 0. The van der Waals surface area contributed by atoms with Crippen molar-refractivity contribution >= 4 is 22.6 Å². The van der Waals surface area contributed by atoms with E-state index in [1.807, 2.05) is 13.8 Å². The van der Waals surface area contributed by atoms with Gasteiger partial charge in [-0.25, -0.2) is 0 Å². The normalized spacial score (nSPS) is 10.8. The van der Waals surface area contributed by atoms with Crippen LogP contribution in [0.15, 0.2) is 0 Å². The number of rotatable bonds is 2. The van der Waals surface area contributed by atoms with Gasteiger partial charge in [0.05, 0.1) is 6.07 Å². The van der Waals surface area contributed by atoms with E-state index in [4.69, 9.17) is 5.26 Å². The molecule has 0 aliphatic heterocycles. The molecule has 0 atom stereocenters. The molecular weight excluding hydrogens is 213 g/mol. The smallest absolute Gasteiger partial charge is 0.108 e. The van der Waals surface area contributed by atoms with Gasteiger partial charge in [-0.2, -0.15) is 5.26 Å². The van der Waals surface area contributed by atoms with Crippen molar-refractivity contribution < 1.29 is 0 Å². The van der Waals surface area contributed by atoms with Crippen LogP contribution >= 0.6 is 22.6 Å². The highest BCUT2D eigenvalue weighted by Gasteiger charge is 2.19. The van der Waals surface area contributed by atoms with Crippen LogP contribution in [0.25, 0.3) is 0 Å². The summed E-state index contributed by atoms with van der Waals surface area (Å²) in [6.07, 6.45) is 1.89. The van der Waals surface area contributed by atoms with Crippen molar-refractivity contribution in [2.24, 2.45) is 0 Å². The highest BCUT2D eigenvalue weighted by molar-refractivity contribution is 14.1. The molecule has 0 fully saturated rings. The van der Waals surface area contributed by atoms with E-state index in [0.29, 0.717) is 0 Å². The molecule has 0 saturated heterocycles. The Balaban J connectivity index is 3.83. The molecule has 0 rings (SSSR count). The standard InChI is InChI=1S/C6H10IN/c1-3-6(7,4-2)5-8/h3-4H2,1-2H3. The fraction of sp³-hybridized carbons (Fsp3) is 0.833. The third-order valence-corrected chi connectivity index (χ3v) is 3.09. The Bertz CT molecular complexity index is 99.6. The first kappa shape index (κ1) is 8.22. The summed E-state index contributed by atoms with van der Waals surface area (Å²) < 4.78 is -0.0994. The van der Waals surface area contributed by atoms with Crippen LogP contribution in [0.2, 0.25) is 0 Å². The minimum Gasteiger partial charge on any atom is -0.197 e.